The quantitative estimate of drug-likeness (QED) is 0.738. The maximum Gasteiger partial charge on any atom is 0.0708 e. The fraction of sp³-hybridized carbons (Fsp3) is 0.417. The van der Waals surface area contributed by atoms with E-state index in [1.807, 2.05) is 19.2 Å². The lowest BCUT2D eigenvalue weighted by Crippen LogP contribution is -2.23. The van der Waals surface area contributed by atoms with Crippen LogP contribution in [0.4, 0.5) is 0 Å². The van der Waals surface area contributed by atoms with Gasteiger partial charge in [-0.15, -0.1) is 0 Å². The summed E-state index contributed by atoms with van der Waals surface area (Å²) in [4.78, 5) is 4.40. The van der Waals surface area contributed by atoms with Gasteiger partial charge in [0.2, 0.25) is 0 Å². The van der Waals surface area contributed by atoms with E-state index in [2.05, 4.69) is 36.8 Å². The minimum atomic E-state index is 0.182. The standard InChI is InChI=1S/C12H18N2/c1-5-13-11(9(2)3)12-10(4)7-6-8-14-12/h6-8,11,13H,2,5H2,1,3-4H3. The molecule has 0 fully saturated rings. The molecule has 0 aliphatic carbocycles. The average Bonchev–Trinajstić information content (AvgIpc) is 2.15. The zero-order chi connectivity index (χ0) is 10.6. The monoisotopic (exact) mass is 190 g/mol. The first kappa shape index (κ1) is 10.9. The van der Waals surface area contributed by atoms with Gasteiger partial charge in [-0.3, -0.25) is 4.98 Å². The van der Waals surface area contributed by atoms with Gasteiger partial charge in [0.25, 0.3) is 0 Å². The second-order valence-electron chi connectivity index (χ2n) is 3.54. The predicted molar refractivity (Wildman–Crippen MR) is 60.2 cm³/mol. The van der Waals surface area contributed by atoms with E-state index in [1.165, 1.54) is 5.56 Å². The molecule has 14 heavy (non-hydrogen) atoms. The lowest BCUT2D eigenvalue weighted by Gasteiger charge is -2.19. The maximum atomic E-state index is 4.40. The molecule has 1 aromatic heterocycles. The number of nitrogens with one attached hydrogen (secondary N) is 1. The predicted octanol–water partition coefficient (Wildman–Crippen LogP) is 2.62. The lowest BCUT2D eigenvalue weighted by molar-refractivity contribution is 0.603. The molecule has 0 aliphatic heterocycles. The second-order valence-corrected chi connectivity index (χ2v) is 3.54. The largest absolute Gasteiger partial charge is 0.306 e. The van der Waals surface area contributed by atoms with E-state index in [0.717, 1.165) is 17.8 Å². The highest BCUT2D eigenvalue weighted by atomic mass is 14.9. The van der Waals surface area contributed by atoms with Crippen LogP contribution in [0.25, 0.3) is 0 Å². The summed E-state index contributed by atoms with van der Waals surface area (Å²) in [5.74, 6) is 0. The van der Waals surface area contributed by atoms with Crippen molar-refractivity contribution in [2.75, 3.05) is 6.54 Å². The fourth-order valence-corrected chi connectivity index (χ4v) is 1.51. The van der Waals surface area contributed by atoms with Crippen LogP contribution in [0.15, 0.2) is 30.5 Å². The van der Waals surface area contributed by atoms with Crippen LogP contribution in [-0.2, 0) is 0 Å². The number of rotatable bonds is 4. The molecule has 0 bridgehead atoms. The van der Waals surface area contributed by atoms with Gasteiger partial charge in [0, 0.05) is 6.20 Å². The van der Waals surface area contributed by atoms with Crippen LogP contribution in [0.2, 0.25) is 0 Å². The Hall–Kier alpha value is -1.15. The Morgan fingerprint density at radius 2 is 2.36 bits per heavy atom. The van der Waals surface area contributed by atoms with E-state index in [-0.39, 0.29) is 6.04 Å². The Labute approximate surface area is 86.1 Å². The number of aryl methyl sites for hydroxylation is 1. The molecule has 1 N–H and O–H groups in total. The van der Waals surface area contributed by atoms with Crippen LogP contribution >= 0.6 is 0 Å². The third-order valence-corrected chi connectivity index (χ3v) is 2.22. The molecular formula is C12H18N2. The number of hydrogen-bond donors (Lipinski definition) is 1. The van der Waals surface area contributed by atoms with Crippen LogP contribution in [0, 0.1) is 6.92 Å². The van der Waals surface area contributed by atoms with Gasteiger partial charge in [-0.05, 0) is 32.0 Å². The Kier molecular flexibility index (Phi) is 3.84. The highest BCUT2D eigenvalue weighted by Crippen LogP contribution is 2.20. The summed E-state index contributed by atoms with van der Waals surface area (Å²) in [7, 11) is 0. The van der Waals surface area contributed by atoms with Gasteiger partial charge in [0.05, 0.1) is 11.7 Å². The SMILES string of the molecule is C=C(C)C(NCC)c1ncccc1C. The molecule has 1 unspecified atom stereocenters. The van der Waals surface area contributed by atoms with Crippen LogP contribution in [0.3, 0.4) is 0 Å². The first-order valence-electron chi connectivity index (χ1n) is 4.97. The number of likely N-dealkylation sites (N-methyl/N-ethyl adjacent to an activating group) is 1. The Bertz CT molecular complexity index is 318. The summed E-state index contributed by atoms with van der Waals surface area (Å²) in [6, 6.07) is 4.22. The number of nitrogens with zero attached hydrogens (tertiary/aromatic N) is 1. The third-order valence-electron chi connectivity index (χ3n) is 2.22. The van der Waals surface area contributed by atoms with E-state index in [9.17, 15) is 0 Å². The van der Waals surface area contributed by atoms with Crippen molar-refractivity contribution in [3.05, 3.63) is 41.7 Å². The van der Waals surface area contributed by atoms with Gasteiger partial charge in [0.15, 0.2) is 0 Å². The minimum absolute atomic E-state index is 0.182. The highest BCUT2D eigenvalue weighted by molar-refractivity contribution is 5.26. The van der Waals surface area contributed by atoms with Crippen molar-refractivity contribution in [3.63, 3.8) is 0 Å². The topological polar surface area (TPSA) is 24.9 Å². The molecule has 1 aromatic rings. The van der Waals surface area contributed by atoms with Gasteiger partial charge < -0.3 is 5.32 Å². The van der Waals surface area contributed by atoms with E-state index < -0.39 is 0 Å². The summed E-state index contributed by atoms with van der Waals surface area (Å²) >= 11 is 0. The van der Waals surface area contributed by atoms with Crippen LogP contribution in [0.5, 0.6) is 0 Å². The minimum Gasteiger partial charge on any atom is -0.306 e. The first-order valence-corrected chi connectivity index (χ1v) is 4.97. The molecule has 1 heterocycles. The van der Waals surface area contributed by atoms with Crippen LogP contribution < -0.4 is 5.32 Å². The van der Waals surface area contributed by atoms with Crippen molar-refractivity contribution in [1.82, 2.24) is 10.3 Å². The smallest absolute Gasteiger partial charge is 0.0708 e. The van der Waals surface area contributed by atoms with Gasteiger partial charge in [0.1, 0.15) is 0 Å². The molecule has 0 aliphatic rings. The molecule has 2 nitrogen and oxygen atoms in total. The van der Waals surface area contributed by atoms with E-state index in [0.29, 0.717) is 0 Å². The maximum absolute atomic E-state index is 4.40. The summed E-state index contributed by atoms with van der Waals surface area (Å²) in [5.41, 5.74) is 3.40. The van der Waals surface area contributed by atoms with E-state index in [1.54, 1.807) is 0 Å². The third kappa shape index (κ3) is 2.42. The van der Waals surface area contributed by atoms with Gasteiger partial charge in [-0.1, -0.05) is 25.1 Å². The number of pyridine rings is 1. The molecule has 0 amide bonds. The normalized spacial score (nSPS) is 12.5. The summed E-state index contributed by atoms with van der Waals surface area (Å²) in [6.45, 7) is 11.1. The van der Waals surface area contributed by atoms with Gasteiger partial charge >= 0.3 is 0 Å². The van der Waals surface area contributed by atoms with Gasteiger partial charge in [-0.2, -0.15) is 0 Å². The van der Waals surface area contributed by atoms with Crippen molar-refractivity contribution in [2.24, 2.45) is 0 Å². The highest BCUT2D eigenvalue weighted by Gasteiger charge is 2.13. The molecule has 0 saturated carbocycles. The van der Waals surface area contributed by atoms with Crippen molar-refractivity contribution in [1.29, 1.82) is 0 Å². The Morgan fingerprint density at radius 1 is 1.64 bits per heavy atom. The van der Waals surface area contributed by atoms with Crippen molar-refractivity contribution in [3.8, 4) is 0 Å². The lowest BCUT2D eigenvalue weighted by atomic mass is 10.0. The molecule has 1 rings (SSSR count). The summed E-state index contributed by atoms with van der Waals surface area (Å²) in [5, 5.41) is 3.38. The van der Waals surface area contributed by atoms with E-state index in [4.69, 9.17) is 0 Å². The summed E-state index contributed by atoms with van der Waals surface area (Å²) in [6.07, 6.45) is 1.83. The van der Waals surface area contributed by atoms with Crippen LogP contribution in [-0.4, -0.2) is 11.5 Å². The molecule has 0 spiro atoms. The zero-order valence-corrected chi connectivity index (χ0v) is 9.17. The summed E-state index contributed by atoms with van der Waals surface area (Å²) < 4.78 is 0. The number of aromatic nitrogens is 1. The van der Waals surface area contributed by atoms with Crippen molar-refractivity contribution in [2.45, 2.75) is 26.8 Å². The first-order chi connectivity index (χ1) is 6.66. The second kappa shape index (κ2) is 4.91. The average molecular weight is 190 g/mol. The molecule has 2 heteroatoms. The Balaban J connectivity index is 2.99. The number of hydrogen-bond acceptors (Lipinski definition) is 2. The van der Waals surface area contributed by atoms with Crippen LogP contribution in [0.1, 0.15) is 31.1 Å². The molecule has 1 atom stereocenters. The fourth-order valence-electron chi connectivity index (χ4n) is 1.51. The molecular weight excluding hydrogens is 172 g/mol. The molecule has 0 radical (unpaired) electrons. The van der Waals surface area contributed by atoms with Crippen molar-refractivity contribution < 1.29 is 0 Å². The van der Waals surface area contributed by atoms with E-state index >= 15 is 0 Å². The Morgan fingerprint density at radius 3 is 2.86 bits per heavy atom. The molecule has 76 valence electrons. The molecule has 0 aromatic carbocycles. The molecule has 0 saturated heterocycles. The van der Waals surface area contributed by atoms with Gasteiger partial charge in [-0.25, -0.2) is 0 Å². The zero-order valence-electron chi connectivity index (χ0n) is 9.17. The van der Waals surface area contributed by atoms with Crippen molar-refractivity contribution >= 4 is 0 Å².